The minimum atomic E-state index is -0.487. The molecule has 0 saturated carbocycles. The Bertz CT molecular complexity index is 815. The molecule has 1 aliphatic rings. The number of nitrogens with zero attached hydrogens (tertiary/aromatic N) is 3. The number of carbonyl (C=O) groups excluding carboxylic acids is 1. The molecule has 0 fully saturated rings. The first-order valence-electron chi connectivity index (χ1n) is 7.56. The largest absolute Gasteiger partial charge is 0.497 e. The lowest BCUT2D eigenvalue weighted by molar-refractivity contribution is -0.115. The number of allylic oxidation sites excluding steroid dienone is 1. The molecule has 2 heterocycles. The van der Waals surface area contributed by atoms with Gasteiger partial charge >= 0.3 is 0 Å². The lowest BCUT2D eigenvalue weighted by Gasteiger charge is -2.27. The summed E-state index contributed by atoms with van der Waals surface area (Å²) in [5.41, 5.74) is 7.66. The van der Waals surface area contributed by atoms with Gasteiger partial charge in [0.05, 0.1) is 12.7 Å². The Morgan fingerprint density at radius 2 is 2.29 bits per heavy atom. The van der Waals surface area contributed by atoms with Crippen LogP contribution >= 0.6 is 11.8 Å². The molecule has 3 rings (SSSR count). The fourth-order valence-electron chi connectivity index (χ4n) is 2.76. The van der Waals surface area contributed by atoms with Gasteiger partial charge in [-0.25, -0.2) is 4.68 Å². The zero-order valence-corrected chi connectivity index (χ0v) is 14.6. The third kappa shape index (κ3) is 2.84. The van der Waals surface area contributed by atoms with Crippen molar-refractivity contribution in [3.05, 3.63) is 41.1 Å². The summed E-state index contributed by atoms with van der Waals surface area (Å²) in [6, 6.07) is 7.10. The first kappa shape index (κ1) is 16.4. The van der Waals surface area contributed by atoms with E-state index in [2.05, 4.69) is 15.4 Å². The Kier molecular flexibility index (Phi) is 4.48. The highest BCUT2D eigenvalue weighted by molar-refractivity contribution is 7.99. The average molecular weight is 345 g/mol. The van der Waals surface area contributed by atoms with Gasteiger partial charge in [0.25, 0.3) is 0 Å². The van der Waals surface area contributed by atoms with Crippen molar-refractivity contribution in [1.82, 2.24) is 14.8 Å². The number of benzene rings is 1. The molecule has 0 spiro atoms. The summed E-state index contributed by atoms with van der Waals surface area (Å²) in [4.78, 5) is 16.6. The number of primary amides is 1. The highest BCUT2D eigenvalue weighted by Gasteiger charge is 2.33. The predicted molar refractivity (Wildman–Crippen MR) is 93.1 cm³/mol. The van der Waals surface area contributed by atoms with Crippen LogP contribution in [0.4, 0.5) is 5.95 Å². The number of carbonyl (C=O) groups is 1. The van der Waals surface area contributed by atoms with E-state index in [-0.39, 0.29) is 0 Å². The lowest BCUT2D eigenvalue weighted by Crippen LogP contribution is -2.31. The second kappa shape index (κ2) is 6.56. The standard InChI is InChI=1S/C16H19N5O2S/c1-4-24-16-19-15-18-9(2)12(14(17)22)13(21(15)20-16)10-6-5-7-11(8-10)23-3/h5-8,13H,4H2,1-3H3,(H2,17,22)(H,18,19,20). The second-order valence-electron chi connectivity index (χ2n) is 5.30. The number of hydrogen-bond acceptors (Lipinski definition) is 6. The number of aromatic nitrogens is 3. The molecule has 1 aromatic carbocycles. The van der Waals surface area contributed by atoms with Crippen molar-refractivity contribution in [2.75, 3.05) is 18.2 Å². The molecule has 1 unspecified atom stereocenters. The van der Waals surface area contributed by atoms with Gasteiger partial charge in [0.1, 0.15) is 11.8 Å². The molecule has 24 heavy (non-hydrogen) atoms. The number of nitrogens with one attached hydrogen (secondary N) is 1. The quantitative estimate of drug-likeness (QED) is 0.807. The molecule has 1 amide bonds. The number of nitrogens with two attached hydrogens (primary N) is 1. The van der Waals surface area contributed by atoms with Crippen molar-refractivity contribution in [1.29, 1.82) is 0 Å². The number of anilines is 1. The normalized spacial score (nSPS) is 16.5. The Morgan fingerprint density at radius 1 is 1.50 bits per heavy atom. The first-order valence-corrected chi connectivity index (χ1v) is 8.54. The molecule has 0 aliphatic carbocycles. The maximum Gasteiger partial charge on any atom is 0.248 e. The Hall–Kier alpha value is -2.48. The van der Waals surface area contributed by atoms with E-state index >= 15 is 0 Å². The average Bonchev–Trinajstić information content (AvgIpc) is 2.95. The topological polar surface area (TPSA) is 95.1 Å². The van der Waals surface area contributed by atoms with Crippen molar-refractivity contribution in [2.45, 2.75) is 25.0 Å². The van der Waals surface area contributed by atoms with E-state index in [9.17, 15) is 4.79 Å². The van der Waals surface area contributed by atoms with Crippen LogP contribution < -0.4 is 15.8 Å². The molecule has 1 aliphatic heterocycles. The summed E-state index contributed by atoms with van der Waals surface area (Å²) >= 11 is 1.54. The molecule has 0 saturated heterocycles. The summed E-state index contributed by atoms with van der Waals surface area (Å²) in [5.74, 6) is 1.68. The lowest BCUT2D eigenvalue weighted by atomic mass is 9.95. The number of fused-ring (bicyclic) bond motifs is 1. The van der Waals surface area contributed by atoms with Gasteiger partial charge in [-0.1, -0.05) is 30.8 Å². The van der Waals surface area contributed by atoms with Crippen LogP contribution in [0.1, 0.15) is 25.5 Å². The third-order valence-electron chi connectivity index (χ3n) is 3.78. The van der Waals surface area contributed by atoms with Crippen molar-refractivity contribution < 1.29 is 9.53 Å². The number of rotatable bonds is 5. The van der Waals surface area contributed by atoms with Gasteiger partial charge in [0, 0.05) is 5.70 Å². The van der Waals surface area contributed by atoms with Crippen LogP contribution in [0.5, 0.6) is 5.75 Å². The summed E-state index contributed by atoms with van der Waals surface area (Å²) in [6.45, 7) is 3.86. The van der Waals surface area contributed by atoms with Crippen LogP contribution in [0.25, 0.3) is 0 Å². The SMILES string of the molecule is CCSc1nc2n(n1)C(c1cccc(OC)c1)C(C(N)=O)=C(C)N2. The van der Waals surface area contributed by atoms with E-state index in [1.807, 2.05) is 38.1 Å². The van der Waals surface area contributed by atoms with E-state index in [0.717, 1.165) is 11.3 Å². The predicted octanol–water partition coefficient (Wildman–Crippen LogP) is 2.17. The number of methoxy groups -OCH3 is 1. The number of hydrogen-bond donors (Lipinski definition) is 2. The smallest absolute Gasteiger partial charge is 0.248 e. The van der Waals surface area contributed by atoms with Crippen molar-refractivity contribution >= 4 is 23.6 Å². The van der Waals surface area contributed by atoms with Crippen molar-refractivity contribution in [3.8, 4) is 5.75 Å². The van der Waals surface area contributed by atoms with Gasteiger partial charge in [-0.15, -0.1) is 5.10 Å². The van der Waals surface area contributed by atoms with Gasteiger partial charge in [0.2, 0.25) is 17.0 Å². The molecule has 7 nitrogen and oxygen atoms in total. The highest BCUT2D eigenvalue weighted by Crippen LogP contribution is 2.36. The fourth-order valence-corrected chi connectivity index (χ4v) is 3.32. The maximum atomic E-state index is 12.1. The second-order valence-corrected chi connectivity index (χ2v) is 6.53. The van der Waals surface area contributed by atoms with Gasteiger partial charge in [0.15, 0.2) is 0 Å². The molecular formula is C16H19N5O2S. The van der Waals surface area contributed by atoms with Crippen molar-refractivity contribution in [3.63, 3.8) is 0 Å². The molecule has 1 atom stereocenters. The minimum absolute atomic E-state index is 0.437. The van der Waals surface area contributed by atoms with E-state index < -0.39 is 11.9 Å². The van der Waals surface area contributed by atoms with E-state index in [1.165, 1.54) is 0 Å². The Balaban J connectivity index is 2.16. The highest BCUT2D eigenvalue weighted by atomic mass is 32.2. The van der Waals surface area contributed by atoms with E-state index in [4.69, 9.17) is 10.5 Å². The third-order valence-corrected chi connectivity index (χ3v) is 4.50. The summed E-state index contributed by atoms with van der Waals surface area (Å²) < 4.78 is 7.01. The van der Waals surface area contributed by atoms with Crippen LogP contribution in [0, 0.1) is 0 Å². The van der Waals surface area contributed by atoms with E-state index in [0.29, 0.717) is 28.1 Å². The van der Waals surface area contributed by atoms with Crippen LogP contribution in [-0.4, -0.2) is 33.5 Å². The van der Waals surface area contributed by atoms with Crippen LogP contribution in [0.3, 0.4) is 0 Å². The molecule has 126 valence electrons. The zero-order valence-electron chi connectivity index (χ0n) is 13.7. The zero-order chi connectivity index (χ0) is 17.3. The molecule has 8 heteroatoms. The fraction of sp³-hybridized carbons (Fsp3) is 0.312. The van der Waals surface area contributed by atoms with Gasteiger partial charge in [-0.05, 0) is 30.4 Å². The Labute approximate surface area is 144 Å². The molecule has 2 aromatic rings. The molecule has 0 bridgehead atoms. The van der Waals surface area contributed by atoms with Gasteiger partial charge in [-0.3, -0.25) is 4.79 Å². The van der Waals surface area contributed by atoms with Gasteiger partial charge in [-0.2, -0.15) is 4.98 Å². The van der Waals surface area contributed by atoms with E-state index in [1.54, 1.807) is 23.6 Å². The summed E-state index contributed by atoms with van der Waals surface area (Å²) in [5, 5.41) is 8.32. The molecule has 0 radical (unpaired) electrons. The van der Waals surface area contributed by atoms with Crippen LogP contribution in [-0.2, 0) is 4.79 Å². The minimum Gasteiger partial charge on any atom is -0.497 e. The molecule has 3 N–H and O–H groups in total. The van der Waals surface area contributed by atoms with Crippen LogP contribution in [0.15, 0.2) is 40.7 Å². The number of ether oxygens (including phenoxy) is 1. The first-order chi connectivity index (χ1) is 11.5. The summed E-state index contributed by atoms with van der Waals surface area (Å²) in [6.07, 6.45) is 0. The maximum absolute atomic E-state index is 12.1. The summed E-state index contributed by atoms with van der Waals surface area (Å²) in [7, 11) is 1.61. The van der Waals surface area contributed by atoms with Crippen molar-refractivity contribution in [2.24, 2.45) is 5.73 Å². The number of thioether (sulfide) groups is 1. The van der Waals surface area contributed by atoms with Crippen LogP contribution in [0.2, 0.25) is 0 Å². The monoisotopic (exact) mass is 345 g/mol. The number of amides is 1. The Morgan fingerprint density at radius 3 is 2.96 bits per heavy atom. The van der Waals surface area contributed by atoms with Gasteiger partial charge < -0.3 is 15.8 Å². The molecule has 1 aromatic heterocycles. The molecular weight excluding hydrogens is 326 g/mol.